The van der Waals surface area contributed by atoms with Crippen molar-refractivity contribution in [3.63, 3.8) is 0 Å². The maximum Gasteiger partial charge on any atom is 0.222 e. The zero-order chi connectivity index (χ0) is 13.8. The number of hydrogen-bond acceptors (Lipinski definition) is 3. The number of amides is 1. The summed E-state index contributed by atoms with van der Waals surface area (Å²) in [4.78, 5) is 19.5. The van der Waals surface area contributed by atoms with Crippen LogP contribution in [0.25, 0.3) is 11.0 Å². The van der Waals surface area contributed by atoms with Crippen LogP contribution >= 0.6 is 0 Å². The topological polar surface area (TPSA) is 67.0 Å². The lowest BCUT2D eigenvalue weighted by Crippen LogP contribution is -2.30. The molecule has 1 saturated heterocycles. The van der Waals surface area contributed by atoms with Crippen molar-refractivity contribution in [2.75, 3.05) is 6.61 Å². The van der Waals surface area contributed by atoms with E-state index in [4.69, 9.17) is 4.74 Å². The molecule has 0 aliphatic carbocycles. The molecule has 5 nitrogen and oxygen atoms in total. The summed E-state index contributed by atoms with van der Waals surface area (Å²) in [7, 11) is 0. The van der Waals surface area contributed by atoms with Crippen molar-refractivity contribution in [3.05, 3.63) is 30.1 Å². The molecule has 0 spiro atoms. The van der Waals surface area contributed by atoms with E-state index in [0.717, 1.165) is 42.7 Å². The van der Waals surface area contributed by atoms with Crippen LogP contribution < -0.4 is 5.32 Å². The van der Waals surface area contributed by atoms with Gasteiger partial charge in [0, 0.05) is 6.61 Å². The average Bonchev–Trinajstić information content (AvgIpc) is 2.89. The van der Waals surface area contributed by atoms with Crippen LogP contribution in [0.2, 0.25) is 0 Å². The molecule has 1 amide bonds. The highest BCUT2D eigenvalue weighted by Crippen LogP contribution is 2.15. The van der Waals surface area contributed by atoms with Gasteiger partial charge < -0.3 is 15.0 Å². The van der Waals surface area contributed by atoms with Gasteiger partial charge >= 0.3 is 0 Å². The van der Waals surface area contributed by atoms with Crippen LogP contribution in [0.15, 0.2) is 24.3 Å². The number of para-hydroxylation sites is 2. The van der Waals surface area contributed by atoms with E-state index in [0.29, 0.717) is 13.0 Å². The van der Waals surface area contributed by atoms with Gasteiger partial charge in [-0.25, -0.2) is 4.98 Å². The number of rotatable bonds is 4. The molecule has 3 rings (SSSR count). The second-order valence-electron chi connectivity index (χ2n) is 5.17. The highest BCUT2D eigenvalue weighted by atomic mass is 16.5. The lowest BCUT2D eigenvalue weighted by molar-refractivity contribution is -0.125. The van der Waals surface area contributed by atoms with E-state index in [1.54, 1.807) is 0 Å². The molecule has 1 atom stereocenters. The van der Waals surface area contributed by atoms with E-state index < -0.39 is 0 Å². The Morgan fingerprint density at radius 1 is 1.40 bits per heavy atom. The van der Waals surface area contributed by atoms with E-state index in [-0.39, 0.29) is 12.0 Å². The molecule has 1 aliphatic rings. The fourth-order valence-corrected chi connectivity index (χ4v) is 2.52. The molecular weight excluding hydrogens is 254 g/mol. The van der Waals surface area contributed by atoms with Crippen LogP contribution in [-0.4, -0.2) is 28.6 Å². The number of ether oxygens (including phenoxy) is 1. The minimum atomic E-state index is 0.0253. The van der Waals surface area contributed by atoms with Gasteiger partial charge in [-0.3, -0.25) is 4.79 Å². The molecular formula is C15H19N3O2. The van der Waals surface area contributed by atoms with Crippen molar-refractivity contribution >= 4 is 16.9 Å². The predicted molar refractivity (Wildman–Crippen MR) is 76.1 cm³/mol. The summed E-state index contributed by atoms with van der Waals surface area (Å²) in [5.41, 5.74) is 1.92. The zero-order valence-electron chi connectivity index (χ0n) is 11.4. The Bertz CT molecular complexity index is 555. The number of aromatic amines is 1. The van der Waals surface area contributed by atoms with Crippen molar-refractivity contribution in [3.8, 4) is 0 Å². The van der Waals surface area contributed by atoms with E-state index in [2.05, 4.69) is 15.3 Å². The first-order valence-electron chi connectivity index (χ1n) is 7.13. The number of nitrogens with zero attached hydrogens (tertiary/aromatic N) is 1. The molecule has 1 fully saturated rings. The molecule has 0 bridgehead atoms. The first kappa shape index (κ1) is 13.1. The van der Waals surface area contributed by atoms with E-state index >= 15 is 0 Å². The molecule has 0 radical (unpaired) electrons. The number of benzene rings is 1. The summed E-state index contributed by atoms with van der Waals surface area (Å²) in [5.74, 6) is 0.807. The Morgan fingerprint density at radius 2 is 2.30 bits per heavy atom. The van der Waals surface area contributed by atoms with Gasteiger partial charge in [0.05, 0.1) is 30.1 Å². The molecule has 20 heavy (non-hydrogen) atoms. The third kappa shape index (κ3) is 3.17. The lowest BCUT2D eigenvalue weighted by atomic mass is 10.1. The molecule has 2 heterocycles. The Hall–Kier alpha value is -1.88. The highest BCUT2D eigenvalue weighted by Gasteiger charge is 2.17. The number of H-pyrrole nitrogens is 1. The maximum atomic E-state index is 11.9. The summed E-state index contributed by atoms with van der Waals surface area (Å²) in [6, 6.07) is 7.84. The number of carbonyl (C=O) groups excluding carboxylic acids is 1. The quantitative estimate of drug-likeness (QED) is 0.897. The fourth-order valence-electron chi connectivity index (χ4n) is 2.52. The van der Waals surface area contributed by atoms with E-state index in [1.165, 1.54) is 0 Å². The summed E-state index contributed by atoms with van der Waals surface area (Å²) in [6.07, 6.45) is 3.77. The third-order valence-electron chi connectivity index (χ3n) is 3.58. The largest absolute Gasteiger partial charge is 0.378 e. The van der Waals surface area contributed by atoms with Gasteiger partial charge in [0.2, 0.25) is 5.91 Å². The van der Waals surface area contributed by atoms with Gasteiger partial charge in [0.25, 0.3) is 0 Å². The number of aromatic nitrogens is 2. The van der Waals surface area contributed by atoms with Gasteiger partial charge in [0.15, 0.2) is 0 Å². The Morgan fingerprint density at radius 3 is 3.10 bits per heavy atom. The maximum absolute atomic E-state index is 11.9. The lowest BCUT2D eigenvalue weighted by Gasteiger charge is -2.21. The summed E-state index contributed by atoms with van der Waals surface area (Å²) >= 11 is 0. The standard InChI is InChI=1S/C15H19N3O2/c19-15(9-11-5-3-4-8-20-11)16-10-14-17-12-6-1-2-7-13(12)18-14/h1-2,6-7,11H,3-5,8-10H2,(H,16,19)(H,17,18). The van der Waals surface area contributed by atoms with Crippen LogP contribution in [0, 0.1) is 0 Å². The van der Waals surface area contributed by atoms with Crippen LogP contribution in [0.3, 0.4) is 0 Å². The second kappa shape index (κ2) is 6.05. The number of fused-ring (bicyclic) bond motifs is 1. The van der Waals surface area contributed by atoms with Crippen LogP contribution in [0.5, 0.6) is 0 Å². The van der Waals surface area contributed by atoms with Crippen molar-refractivity contribution in [1.82, 2.24) is 15.3 Å². The SMILES string of the molecule is O=C(CC1CCCCO1)NCc1nc2ccccc2[nH]1. The monoisotopic (exact) mass is 273 g/mol. The molecule has 1 unspecified atom stereocenters. The normalized spacial score (nSPS) is 19.1. The van der Waals surface area contributed by atoms with E-state index in [1.807, 2.05) is 24.3 Å². The molecule has 5 heteroatoms. The van der Waals surface area contributed by atoms with E-state index in [9.17, 15) is 4.79 Å². The smallest absolute Gasteiger partial charge is 0.222 e. The van der Waals surface area contributed by atoms with Gasteiger partial charge in [-0.2, -0.15) is 0 Å². The molecule has 0 saturated carbocycles. The fraction of sp³-hybridized carbons (Fsp3) is 0.467. The van der Waals surface area contributed by atoms with Crippen molar-refractivity contribution in [2.24, 2.45) is 0 Å². The minimum Gasteiger partial charge on any atom is -0.378 e. The minimum absolute atomic E-state index is 0.0253. The molecule has 2 N–H and O–H groups in total. The first-order valence-corrected chi connectivity index (χ1v) is 7.13. The molecule has 1 aromatic carbocycles. The molecule has 2 aromatic rings. The predicted octanol–water partition coefficient (Wildman–Crippen LogP) is 2.14. The Labute approximate surface area is 117 Å². The highest BCUT2D eigenvalue weighted by molar-refractivity contribution is 5.77. The number of nitrogens with one attached hydrogen (secondary N) is 2. The van der Waals surface area contributed by atoms with Gasteiger partial charge in [-0.1, -0.05) is 12.1 Å². The summed E-state index contributed by atoms with van der Waals surface area (Å²) in [6.45, 7) is 1.21. The Kier molecular flexibility index (Phi) is 3.97. The molecule has 1 aliphatic heterocycles. The molecule has 106 valence electrons. The van der Waals surface area contributed by atoms with Gasteiger partial charge in [-0.15, -0.1) is 0 Å². The first-order chi connectivity index (χ1) is 9.81. The van der Waals surface area contributed by atoms with Crippen LogP contribution in [0.1, 0.15) is 31.5 Å². The van der Waals surface area contributed by atoms with Gasteiger partial charge in [-0.05, 0) is 31.4 Å². The zero-order valence-corrected chi connectivity index (χ0v) is 11.4. The van der Waals surface area contributed by atoms with Crippen molar-refractivity contribution in [1.29, 1.82) is 0 Å². The average molecular weight is 273 g/mol. The van der Waals surface area contributed by atoms with Crippen LogP contribution in [0.4, 0.5) is 0 Å². The number of hydrogen-bond donors (Lipinski definition) is 2. The third-order valence-corrected chi connectivity index (χ3v) is 3.58. The van der Waals surface area contributed by atoms with Crippen LogP contribution in [-0.2, 0) is 16.1 Å². The molecule has 1 aromatic heterocycles. The van der Waals surface area contributed by atoms with Crippen molar-refractivity contribution in [2.45, 2.75) is 38.3 Å². The second-order valence-corrected chi connectivity index (χ2v) is 5.17. The Balaban J connectivity index is 1.51. The van der Waals surface area contributed by atoms with Crippen molar-refractivity contribution < 1.29 is 9.53 Å². The number of carbonyl (C=O) groups is 1. The summed E-state index contributed by atoms with van der Waals surface area (Å²) < 4.78 is 5.56. The van der Waals surface area contributed by atoms with Gasteiger partial charge in [0.1, 0.15) is 5.82 Å². The number of imidazole rings is 1. The summed E-state index contributed by atoms with van der Waals surface area (Å²) in [5, 5.41) is 2.89.